The highest BCUT2D eigenvalue weighted by atomic mass is 32.2. The Hall–Kier alpha value is -7.48. The zero-order valence-corrected chi connectivity index (χ0v) is 31.7. The zero-order chi connectivity index (χ0) is 37.9. The Morgan fingerprint density at radius 3 is 1.78 bits per heavy atom. The van der Waals surface area contributed by atoms with E-state index in [0.29, 0.717) is 17.6 Å². The molecule has 0 saturated carbocycles. The van der Waals surface area contributed by atoms with E-state index in [9.17, 15) is 0 Å². The molecule has 0 bridgehead atoms. The van der Waals surface area contributed by atoms with Gasteiger partial charge < -0.3 is 4.57 Å². The molecule has 12 aromatic rings. The number of benzene rings is 8. The minimum absolute atomic E-state index is 0.571. The highest BCUT2D eigenvalue weighted by molar-refractivity contribution is 7.99. The summed E-state index contributed by atoms with van der Waals surface area (Å²) in [5.74, 6) is 1.81. The third-order valence-electron chi connectivity index (χ3n) is 11.7. The highest BCUT2D eigenvalue weighted by Crippen LogP contribution is 2.49. The molecule has 58 heavy (non-hydrogen) atoms. The van der Waals surface area contributed by atoms with E-state index >= 15 is 0 Å². The lowest BCUT2D eigenvalue weighted by atomic mass is 10.0. The number of rotatable bonds is 4. The molecule has 1 aliphatic rings. The van der Waals surface area contributed by atoms with Gasteiger partial charge in [-0.15, -0.1) is 0 Å². The fourth-order valence-corrected chi connectivity index (χ4v) is 10.3. The van der Waals surface area contributed by atoms with Gasteiger partial charge in [0.05, 0.1) is 27.8 Å². The van der Waals surface area contributed by atoms with E-state index < -0.39 is 0 Å². The van der Waals surface area contributed by atoms with Crippen LogP contribution in [0.5, 0.6) is 0 Å². The minimum Gasteiger partial charge on any atom is -0.309 e. The molecule has 6 nitrogen and oxygen atoms in total. The van der Waals surface area contributed by atoms with Gasteiger partial charge in [0, 0.05) is 53.5 Å². The molecule has 0 fully saturated rings. The first-order valence-corrected chi connectivity index (χ1v) is 20.3. The summed E-state index contributed by atoms with van der Waals surface area (Å²) in [4.78, 5) is 18.5. The SMILES string of the molecule is c1ccc2c(c1)Sc1cccc3c4c5ccccc5n(-c5nc(-c6ccc(-n7c8ccccc8c8ccccc87)cc6)nc(-c6cccc7ccccc67)n5)c4n-2c13. The Bertz CT molecular complexity index is 3610. The maximum absolute atomic E-state index is 5.41. The number of para-hydroxylation sites is 5. The van der Waals surface area contributed by atoms with Gasteiger partial charge in [0.2, 0.25) is 5.95 Å². The van der Waals surface area contributed by atoms with Crippen LogP contribution in [0.15, 0.2) is 192 Å². The van der Waals surface area contributed by atoms with E-state index in [1.807, 2.05) is 11.8 Å². The van der Waals surface area contributed by atoms with E-state index in [1.54, 1.807) is 0 Å². The number of aromatic nitrogens is 6. The van der Waals surface area contributed by atoms with Crippen LogP contribution < -0.4 is 0 Å². The van der Waals surface area contributed by atoms with Crippen molar-refractivity contribution in [1.29, 1.82) is 0 Å². The molecule has 5 heterocycles. The van der Waals surface area contributed by atoms with Gasteiger partial charge in [-0.3, -0.25) is 9.13 Å². The summed E-state index contributed by atoms with van der Waals surface area (Å²) in [6, 6.07) is 64.6. The first-order chi connectivity index (χ1) is 28.8. The molecule has 13 rings (SSSR count). The first-order valence-electron chi connectivity index (χ1n) is 19.5. The third-order valence-corrected chi connectivity index (χ3v) is 12.8. The van der Waals surface area contributed by atoms with Crippen LogP contribution in [0.25, 0.3) is 106 Å². The minimum atomic E-state index is 0.571. The molecule has 8 aromatic carbocycles. The molecule has 1 aliphatic heterocycles. The summed E-state index contributed by atoms with van der Waals surface area (Å²) in [6.45, 7) is 0. The van der Waals surface area contributed by atoms with Gasteiger partial charge in [-0.05, 0) is 71.4 Å². The van der Waals surface area contributed by atoms with Crippen LogP contribution in [0.4, 0.5) is 0 Å². The topological polar surface area (TPSA) is 53.5 Å². The second-order valence-corrected chi connectivity index (χ2v) is 15.9. The van der Waals surface area contributed by atoms with Gasteiger partial charge >= 0.3 is 0 Å². The summed E-state index contributed by atoms with van der Waals surface area (Å²) < 4.78 is 7.02. The van der Waals surface area contributed by atoms with Gasteiger partial charge in [0.1, 0.15) is 5.65 Å². The van der Waals surface area contributed by atoms with Crippen molar-refractivity contribution in [3.63, 3.8) is 0 Å². The maximum atomic E-state index is 5.41. The normalized spacial score (nSPS) is 12.4. The first kappa shape index (κ1) is 31.7. The molecule has 0 unspecified atom stereocenters. The van der Waals surface area contributed by atoms with Gasteiger partial charge in [0.15, 0.2) is 11.6 Å². The van der Waals surface area contributed by atoms with Gasteiger partial charge in [-0.2, -0.15) is 9.97 Å². The summed E-state index contributed by atoms with van der Waals surface area (Å²) in [7, 11) is 0. The van der Waals surface area contributed by atoms with Crippen molar-refractivity contribution in [2.75, 3.05) is 0 Å². The maximum Gasteiger partial charge on any atom is 0.239 e. The van der Waals surface area contributed by atoms with E-state index in [0.717, 1.165) is 49.8 Å². The van der Waals surface area contributed by atoms with Crippen LogP contribution >= 0.6 is 11.8 Å². The zero-order valence-electron chi connectivity index (χ0n) is 30.9. The van der Waals surface area contributed by atoms with E-state index in [-0.39, 0.29) is 0 Å². The van der Waals surface area contributed by atoms with Crippen LogP contribution in [0.3, 0.4) is 0 Å². The predicted molar refractivity (Wildman–Crippen MR) is 238 cm³/mol. The molecular weight excluding hydrogens is 729 g/mol. The van der Waals surface area contributed by atoms with Crippen molar-refractivity contribution < 1.29 is 0 Å². The summed E-state index contributed by atoms with van der Waals surface area (Å²) in [5, 5.41) is 8.27. The van der Waals surface area contributed by atoms with Crippen molar-refractivity contribution >= 4 is 77.2 Å². The number of hydrogen-bond donors (Lipinski definition) is 0. The Kier molecular flexibility index (Phi) is 6.56. The second kappa shape index (κ2) is 12.0. The molecule has 0 saturated heterocycles. The molecule has 0 aliphatic carbocycles. The van der Waals surface area contributed by atoms with Crippen LogP contribution in [0.2, 0.25) is 0 Å². The summed E-state index contributed by atoms with van der Waals surface area (Å²) >= 11 is 1.83. The van der Waals surface area contributed by atoms with E-state index in [4.69, 9.17) is 15.0 Å². The van der Waals surface area contributed by atoms with Crippen LogP contribution in [0, 0.1) is 0 Å². The van der Waals surface area contributed by atoms with E-state index in [1.165, 1.54) is 47.9 Å². The molecule has 0 spiro atoms. The van der Waals surface area contributed by atoms with E-state index in [2.05, 4.69) is 196 Å². The smallest absolute Gasteiger partial charge is 0.239 e. The second-order valence-electron chi connectivity index (χ2n) is 14.8. The van der Waals surface area contributed by atoms with Crippen molar-refractivity contribution in [3.8, 4) is 40.1 Å². The fourth-order valence-electron chi connectivity index (χ4n) is 9.23. The molecular formula is C51H30N6S. The average Bonchev–Trinajstić information content (AvgIpc) is 3.93. The Balaban J connectivity index is 1.09. The molecule has 0 radical (unpaired) electrons. The standard InChI is InChI=1S/C51H30N6S/c1-2-15-34-31(13-1)14-11-19-37(34)49-52-48(32-27-29-33(30-28-32)55-40-21-6-3-16-35(40)36-17-4-7-22-41(36)55)53-51(54-49)57-42-23-8-5-18-38(42)46-39-20-12-26-45-47(39)56(50(46)57)43-24-9-10-25-44(43)58-45/h1-30H. The quantitative estimate of drug-likeness (QED) is 0.179. The van der Waals surface area contributed by atoms with Crippen molar-refractivity contribution in [3.05, 3.63) is 182 Å². The van der Waals surface area contributed by atoms with Gasteiger partial charge in [-0.1, -0.05) is 133 Å². The predicted octanol–water partition coefficient (Wildman–Crippen LogP) is 13.0. The third kappa shape index (κ3) is 4.42. The Labute approximate surface area is 336 Å². The number of nitrogens with zero attached hydrogens (tertiary/aromatic N) is 6. The van der Waals surface area contributed by atoms with Gasteiger partial charge in [-0.25, -0.2) is 4.98 Å². The molecule has 0 atom stereocenters. The fraction of sp³-hybridized carbons (Fsp3) is 0. The lowest BCUT2D eigenvalue weighted by molar-refractivity contribution is 0.927. The molecule has 4 aromatic heterocycles. The molecule has 270 valence electrons. The molecule has 0 N–H and O–H groups in total. The van der Waals surface area contributed by atoms with Crippen LogP contribution in [0.1, 0.15) is 0 Å². The molecule has 7 heteroatoms. The monoisotopic (exact) mass is 758 g/mol. The van der Waals surface area contributed by atoms with Crippen molar-refractivity contribution in [2.24, 2.45) is 0 Å². The lowest BCUT2D eigenvalue weighted by Gasteiger charge is -2.20. The number of fused-ring (bicyclic) bond motifs is 11. The molecule has 0 amide bonds. The average molecular weight is 759 g/mol. The summed E-state index contributed by atoms with van der Waals surface area (Å²) in [5.41, 5.74) is 9.74. The number of hydrogen-bond acceptors (Lipinski definition) is 4. The highest BCUT2D eigenvalue weighted by Gasteiger charge is 2.29. The summed E-state index contributed by atoms with van der Waals surface area (Å²) in [6.07, 6.45) is 0. The van der Waals surface area contributed by atoms with Gasteiger partial charge in [0.25, 0.3) is 0 Å². The largest absolute Gasteiger partial charge is 0.309 e. The van der Waals surface area contributed by atoms with Crippen LogP contribution in [-0.2, 0) is 0 Å². The van der Waals surface area contributed by atoms with Crippen LogP contribution in [-0.4, -0.2) is 28.7 Å². The van der Waals surface area contributed by atoms with Crippen molar-refractivity contribution in [1.82, 2.24) is 28.7 Å². The Morgan fingerprint density at radius 2 is 0.983 bits per heavy atom. The lowest BCUT2D eigenvalue weighted by Crippen LogP contribution is -2.10. The Morgan fingerprint density at radius 1 is 0.397 bits per heavy atom. The van der Waals surface area contributed by atoms with Crippen molar-refractivity contribution in [2.45, 2.75) is 9.79 Å².